The van der Waals surface area contributed by atoms with E-state index in [0.717, 1.165) is 4.47 Å². The Labute approximate surface area is 177 Å². The molecule has 7 nitrogen and oxygen atoms in total. The van der Waals surface area contributed by atoms with E-state index >= 15 is 0 Å². The summed E-state index contributed by atoms with van der Waals surface area (Å²) < 4.78 is 16.6. The first-order valence-electron chi connectivity index (χ1n) is 8.97. The predicted molar refractivity (Wildman–Crippen MR) is 111 cm³/mol. The number of hydrogen-bond donors (Lipinski definition) is 0. The summed E-state index contributed by atoms with van der Waals surface area (Å²) in [6.45, 7) is 1.85. The minimum atomic E-state index is -0.662. The third-order valence-corrected chi connectivity index (χ3v) is 4.21. The molecule has 0 saturated heterocycles. The Bertz CT molecular complexity index is 864. The summed E-state index contributed by atoms with van der Waals surface area (Å²) in [5.41, 5.74) is 0.593. The zero-order valence-electron chi connectivity index (χ0n) is 16.0. The summed E-state index contributed by atoms with van der Waals surface area (Å²) in [6, 6.07) is 16.0. The fourth-order valence-electron chi connectivity index (χ4n) is 2.41. The fraction of sp³-hybridized carbons (Fsp3) is 0.286. The summed E-state index contributed by atoms with van der Waals surface area (Å²) >= 11 is 3.31. The number of esters is 1. The topological polar surface area (TPSA) is 88.9 Å². The first kappa shape index (κ1) is 22.2. The van der Waals surface area contributed by atoms with Gasteiger partial charge in [-0.2, -0.15) is 5.26 Å². The van der Waals surface area contributed by atoms with E-state index in [4.69, 9.17) is 19.5 Å². The molecule has 2 aromatic carbocycles. The molecule has 0 radical (unpaired) electrons. The highest BCUT2D eigenvalue weighted by atomic mass is 79.9. The molecule has 0 heterocycles. The molecular weight excluding hydrogens is 440 g/mol. The number of hydrogen-bond acceptors (Lipinski definition) is 6. The average molecular weight is 461 g/mol. The van der Waals surface area contributed by atoms with Gasteiger partial charge >= 0.3 is 5.97 Å². The van der Waals surface area contributed by atoms with Crippen LogP contribution in [0.4, 0.5) is 5.69 Å². The number of amides is 1. The minimum Gasteiger partial charge on any atom is -0.494 e. The lowest BCUT2D eigenvalue weighted by molar-refractivity contribution is -0.149. The molecule has 0 fully saturated rings. The highest BCUT2D eigenvalue weighted by molar-refractivity contribution is 9.10. The van der Waals surface area contributed by atoms with Crippen LogP contribution < -0.4 is 14.4 Å². The number of nitrogens with zero attached hydrogens (tertiary/aromatic N) is 2. The van der Waals surface area contributed by atoms with Gasteiger partial charge in [0, 0.05) is 16.7 Å². The SMILES string of the molecule is CCOc1ccc(N(CCC#N)C(=O)COC(=O)COc2cccc(Br)c2)cc1. The Kier molecular flexibility index (Phi) is 8.99. The third kappa shape index (κ3) is 7.47. The van der Waals surface area contributed by atoms with E-state index in [1.807, 2.05) is 19.1 Å². The molecule has 0 aliphatic heterocycles. The molecule has 0 spiro atoms. The highest BCUT2D eigenvalue weighted by Gasteiger charge is 2.18. The molecule has 0 saturated carbocycles. The summed E-state index contributed by atoms with van der Waals surface area (Å²) in [5, 5.41) is 8.86. The Balaban J connectivity index is 1.91. The molecule has 0 bridgehead atoms. The lowest BCUT2D eigenvalue weighted by Gasteiger charge is -2.22. The van der Waals surface area contributed by atoms with Crippen LogP contribution in [0.1, 0.15) is 13.3 Å². The van der Waals surface area contributed by atoms with Gasteiger partial charge in [-0.1, -0.05) is 22.0 Å². The van der Waals surface area contributed by atoms with Gasteiger partial charge in [-0.15, -0.1) is 0 Å². The molecule has 0 aliphatic rings. The minimum absolute atomic E-state index is 0.152. The van der Waals surface area contributed by atoms with Crippen LogP contribution in [0.5, 0.6) is 11.5 Å². The van der Waals surface area contributed by atoms with Gasteiger partial charge in [0.05, 0.1) is 19.1 Å². The van der Waals surface area contributed by atoms with E-state index in [0.29, 0.717) is 23.8 Å². The van der Waals surface area contributed by atoms with Crippen molar-refractivity contribution in [1.82, 2.24) is 0 Å². The second-order valence-electron chi connectivity index (χ2n) is 5.79. The van der Waals surface area contributed by atoms with Crippen LogP contribution >= 0.6 is 15.9 Å². The molecule has 1 amide bonds. The summed E-state index contributed by atoms with van der Waals surface area (Å²) in [4.78, 5) is 25.8. The second kappa shape index (κ2) is 11.7. The van der Waals surface area contributed by atoms with Crippen molar-refractivity contribution in [2.45, 2.75) is 13.3 Å². The standard InChI is InChI=1S/C21H21BrN2O5/c1-2-27-18-9-7-17(8-10-18)24(12-4-11-23)20(25)14-29-21(26)15-28-19-6-3-5-16(22)13-19/h3,5-10,13H,2,4,12,14-15H2,1H3. The first-order chi connectivity index (χ1) is 14.0. The number of ether oxygens (including phenoxy) is 3. The van der Waals surface area contributed by atoms with Gasteiger partial charge < -0.3 is 19.1 Å². The largest absolute Gasteiger partial charge is 0.494 e. The molecule has 29 heavy (non-hydrogen) atoms. The summed E-state index contributed by atoms with van der Waals surface area (Å²) in [5.74, 6) is 0.0956. The van der Waals surface area contributed by atoms with E-state index in [1.54, 1.807) is 42.5 Å². The smallest absolute Gasteiger partial charge is 0.344 e. The number of carbonyl (C=O) groups is 2. The summed E-state index contributed by atoms with van der Waals surface area (Å²) in [6.07, 6.45) is 0.152. The van der Waals surface area contributed by atoms with E-state index in [9.17, 15) is 9.59 Å². The van der Waals surface area contributed by atoms with Gasteiger partial charge in [-0.25, -0.2) is 4.79 Å². The number of benzene rings is 2. The Morgan fingerprint density at radius 3 is 2.48 bits per heavy atom. The quantitative estimate of drug-likeness (QED) is 0.502. The summed E-state index contributed by atoms with van der Waals surface area (Å²) in [7, 11) is 0. The van der Waals surface area contributed by atoms with Gasteiger partial charge in [-0.3, -0.25) is 4.79 Å². The van der Waals surface area contributed by atoms with Crippen molar-refractivity contribution in [3.05, 3.63) is 53.0 Å². The monoisotopic (exact) mass is 460 g/mol. The van der Waals surface area contributed by atoms with Crippen LogP contribution in [-0.4, -0.2) is 38.2 Å². The van der Waals surface area contributed by atoms with Crippen LogP contribution in [-0.2, 0) is 14.3 Å². The maximum Gasteiger partial charge on any atom is 0.344 e. The molecule has 0 atom stereocenters. The first-order valence-corrected chi connectivity index (χ1v) is 9.77. The van der Waals surface area contributed by atoms with Crippen molar-refractivity contribution < 1.29 is 23.8 Å². The van der Waals surface area contributed by atoms with Crippen LogP contribution in [0, 0.1) is 11.3 Å². The Morgan fingerprint density at radius 2 is 1.83 bits per heavy atom. The zero-order valence-corrected chi connectivity index (χ0v) is 17.6. The number of halogens is 1. The molecule has 2 aromatic rings. The van der Waals surface area contributed by atoms with E-state index in [2.05, 4.69) is 15.9 Å². The maximum absolute atomic E-state index is 12.5. The number of nitriles is 1. The van der Waals surface area contributed by atoms with Crippen LogP contribution in [0.15, 0.2) is 53.0 Å². The normalized spacial score (nSPS) is 9.97. The van der Waals surface area contributed by atoms with Crippen molar-refractivity contribution in [3.63, 3.8) is 0 Å². The van der Waals surface area contributed by atoms with E-state index < -0.39 is 18.5 Å². The third-order valence-electron chi connectivity index (χ3n) is 3.72. The molecule has 152 valence electrons. The Hall–Kier alpha value is -3.05. The molecule has 8 heteroatoms. The average Bonchev–Trinajstić information content (AvgIpc) is 2.72. The zero-order chi connectivity index (χ0) is 21.1. The highest BCUT2D eigenvalue weighted by Crippen LogP contribution is 2.20. The van der Waals surface area contributed by atoms with Gasteiger partial charge in [0.25, 0.3) is 5.91 Å². The van der Waals surface area contributed by atoms with Crippen LogP contribution in [0.3, 0.4) is 0 Å². The van der Waals surface area contributed by atoms with Crippen LogP contribution in [0.2, 0.25) is 0 Å². The van der Waals surface area contributed by atoms with Gasteiger partial charge in [0.15, 0.2) is 13.2 Å². The number of anilines is 1. The molecule has 2 rings (SSSR count). The maximum atomic E-state index is 12.5. The fourth-order valence-corrected chi connectivity index (χ4v) is 2.79. The number of carbonyl (C=O) groups excluding carboxylic acids is 2. The van der Waals surface area contributed by atoms with Crippen LogP contribution in [0.25, 0.3) is 0 Å². The van der Waals surface area contributed by atoms with Crippen molar-refractivity contribution in [3.8, 4) is 17.6 Å². The van der Waals surface area contributed by atoms with Gasteiger partial charge in [0.2, 0.25) is 0 Å². The molecular formula is C21H21BrN2O5. The van der Waals surface area contributed by atoms with Crippen molar-refractivity contribution in [2.24, 2.45) is 0 Å². The van der Waals surface area contributed by atoms with Crippen molar-refractivity contribution in [2.75, 3.05) is 31.3 Å². The number of rotatable bonds is 10. The molecule has 0 aliphatic carbocycles. The molecule has 0 aromatic heterocycles. The lowest BCUT2D eigenvalue weighted by Crippen LogP contribution is -2.36. The molecule has 0 N–H and O–H groups in total. The van der Waals surface area contributed by atoms with Crippen molar-refractivity contribution in [1.29, 1.82) is 5.26 Å². The van der Waals surface area contributed by atoms with Gasteiger partial charge in [-0.05, 0) is 49.4 Å². The molecule has 0 unspecified atom stereocenters. The van der Waals surface area contributed by atoms with E-state index in [1.165, 1.54) is 4.90 Å². The second-order valence-corrected chi connectivity index (χ2v) is 6.70. The lowest BCUT2D eigenvalue weighted by atomic mass is 10.2. The van der Waals surface area contributed by atoms with E-state index in [-0.39, 0.29) is 19.6 Å². The predicted octanol–water partition coefficient (Wildman–Crippen LogP) is 3.72. The van der Waals surface area contributed by atoms with Crippen molar-refractivity contribution >= 4 is 33.5 Å². The van der Waals surface area contributed by atoms with Gasteiger partial charge in [0.1, 0.15) is 11.5 Å². The Morgan fingerprint density at radius 1 is 1.07 bits per heavy atom.